The van der Waals surface area contributed by atoms with Gasteiger partial charge in [0.05, 0.1) is 0 Å². The highest BCUT2D eigenvalue weighted by Gasteiger charge is 2.19. The zero-order valence-corrected chi connectivity index (χ0v) is 17.9. The summed E-state index contributed by atoms with van der Waals surface area (Å²) in [4.78, 5) is 11.3. The molecular weight excluding hydrogens is 365 g/mol. The minimum atomic E-state index is -0.931. The molecule has 0 bridgehead atoms. The Labute approximate surface area is 172 Å². The number of benzene rings is 2. The van der Waals surface area contributed by atoms with Crippen molar-refractivity contribution in [1.29, 1.82) is 0 Å². The van der Waals surface area contributed by atoms with E-state index >= 15 is 4.39 Å². The van der Waals surface area contributed by atoms with Crippen LogP contribution in [0.3, 0.4) is 0 Å². The summed E-state index contributed by atoms with van der Waals surface area (Å²) in [5, 5.41) is 12.7. The molecule has 29 heavy (non-hydrogen) atoms. The van der Waals surface area contributed by atoms with Gasteiger partial charge in [-0.2, -0.15) is 0 Å². The molecule has 0 unspecified atom stereocenters. The molecular formula is C25H30FNO2. The fourth-order valence-electron chi connectivity index (χ4n) is 4.35. The summed E-state index contributed by atoms with van der Waals surface area (Å²) < 4.78 is 15.1. The summed E-state index contributed by atoms with van der Waals surface area (Å²) in [6.45, 7) is 9.50. The van der Waals surface area contributed by atoms with Crippen LogP contribution in [-0.4, -0.2) is 17.1 Å². The predicted octanol–water partition coefficient (Wildman–Crippen LogP) is 6.57. The van der Waals surface area contributed by atoms with E-state index in [0.717, 1.165) is 51.9 Å². The number of rotatable bonds is 5. The maximum atomic E-state index is 15.1. The highest BCUT2D eigenvalue weighted by Crippen LogP contribution is 2.37. The molecule has 0 saturated heterocycles. The zero-order valence-electron chi connectivity index (χ0n) is 17.9. The lowest BCUT2D eigenvalue weighted by Crippen LogP contribution is -2.14. The van der Waals surface area contributed by atoms with Gasteiger partial charge in [-0.1, -0.05) is 12.8 Å². The summed E-state index contributed by atoms with van der Waals surface area (Å²) in [5.74, 6) is -1.16. The van der Waals surface area contributed by atoms with Crippen molar-refractivity contribution in [2.75, 3.05) is 5.32 Å². The van der Waals surface area contributed by atoms with Crippen LogP contribution in [0.1, 0.15) is 60.4 Å². The largest absolute Gasteiger partial charge is 0.478 e. The lowest BCUT2D eigenvalue weighted by atomic mass is 9.85. The van der Waals surface area contributed by atoms with Crippen molar-refractivity contribution < 1.29 is 14.3 Å². The van der Waals surface area contributed by atoms with Crippen LogP contribution in [0.25, 0.3) is 17.2 Å². The second-order valence-corrected chi connectivity index (χ2v) is 8.24. The van der Waals surface area contributed by atoms with E-state index in [1.165, 1.54) is 12.8 Å². The first-order valence-corrected chi connectivity index (χ1v) is 10.3. The number of hydrogen-bond donors (Lipinski definition) is 2. The highest BCUT2D eigenvalue weighted by molar-refractivity contribution is 5.92. The van der Waals surface area contributed by atoms with E-state index in [0.29, 0.717) is 11.6 Å². The summed E-state index contributed by atoms with van der Waals surface area (Å²) in [7, 11) is 0. The van der Waals surface area contributed by atoms with Crippen molar-refractivity contribution in [3.05, 3.63) is 57.4 Å². The van der Waals surface area contributed by atoms with E-state index in [9.17, 15) is 9.90 Å². The molecule has 2 aromatic carbocycles. The Morgan fingerprint density at radius 2 is 1.66 bits per heavy atom. The number of carbonyl (C=O) groups is 1. The summed E-state index contributed by atoms with van der Waals surface area (Å²) in [5.41, 5.74) is 7.44. The Morgan fingerprint density at radius 1 is 1.07 bits per heavy atom. The molecule has 2 aromatic rings. The third-order valence-corrected chi connectivity index (χ3v) is 6.35. The Hall–Kier alpha value is -2.62. The van der Waals surface area contributed by atoms with Gasteiger partial charge in [0.2, 0.25) is 0 Å². The van der Waals surface area contributed by atoms with Gasteiger partial charge in [-0.3, -0.25) is 0 Å². The molecule has 4 heteroatoms. The number of hydrogen-bond acceptors (Lipinski definition) is 2. The maximum Gasteiger partial charge on any atom is 0.331 e. The van der Waals surface area contributed by atoms with Crippen LogP contribution in [0.5, 0.6) is 0 Å². The second kappa shape index (κ2) is 8.40. The van der Waals surface area contributed by atoms with Crippen molar-refractivity contribution in [3.63, 3.8) is 0 Å². The van der Waals surface area contributed by atoms with E-state index in [1.807, 2.05) is 39.8 Å². The topological polar surface area (TPSA) is 49.3 Å². The second-order valence-electron chi connectivity index (χ2n) is 8.24. The van der Waals surface area contributed by atoms with E-state index in [4.69, 9.17) is 0 Å². The van der Waals surface area contributed by atoms with E-state index in [1.54, 1.807) is 19.1 Å². The van der Waals surface area contributed by atoms with Gasteiger partial charge in [-0.05, 0) is 105 Å². The molecule has 154 valence electrons. The first-order chi connectivity index (χ1) is 13.7. The number of anilines is 1. The third-order valence-electron chi connectivity index (χ3n) is 6.35. The zero-order chi connectivity index (χ0) is 21.3. The maximum absolute atomic E-state index is 15.1. The van der Waals surface area contributed by atoms with Crippen LogP contribution < -0.4 is 5.32 Å². The van der Waals surface area contributed by atoms with E-state index in [2.05, 4.69) is 5.32 Å². The molecule has 0 aromatic heterocycles. The predicted molar refractivity (Wildman–Crippen MR) is 118 cm³/mol. The third kappa shape index (κ3) is 4.21. The van der Waals surface area contributed by atoms with Gasteiger partial charge in [-0.15, -0.1) is 0 Å². The van der Waals surface area contributed by atoms with E-state index < -0.39 is 5.97 Å². The Bertz CT molecular complexity index is 956. The standard InChI is InChI=1S/C25H30FNO2/c1-14(25(28)29)12-22-15(2)17(4)24(18(5)16(22)3)21-11-10-20(13-23(21)26)27-19-8-6-7-9-19/h10-13,19,27H,6-9H2,1-5H3,(H,28,29)/b14-12+. The van der Waals surface area contributed by atoms with Crippen LogP contribution in [0.15, 0.2) is 23.8 Å². The molecule has 1 saturated carbocycles. The molecule has 3 rings (SSSR count). The Kier molecular flexibility index (Phi) is 6.11. The van der Waals surface area contributed by atoms with Gasteiger partial charge in [0.15, 0.2) is 0 Å². The first-order valence-electron chi connectivity index (χ1n) is 10.3. The van der Waals surface area contributed by atoms with Crippen molar-refractivity contribution in [2.24, 2.45) is 0 Å². The molecule has 0 amide bonds. The summed E-state index contributed by atoms with van der Waals surface area (Å²) in [6.07, 6.45) is 6.46. The molecule has 1 aliphatic carbocycles. The van der Waals surface area contributed by atoms with Crippen LogP contribution >= 0.6 is 0 Å². The smallest absolute Gasteiger partial charge is 0.331 e. The van der Waals surface area contributed by atoms with Gasteiger partial charge in [0.25, 0.3) is 0 Å². The van der Waals surface area contributed by atoms with Crippen LogP contribution in [-0.2, 0) is 4.79 Å². The monoisotopic (exact) mass is 395 g/mol. The van der Waals surface area contributed by atoms with Gasteiger partial charge in [0, 0.05) is 22.9 Å². The first kappa shape index (κ1) is 21.1. The van der Waals surface area contributed by atoms with Gasteiger partial charge in [-0.25, -0.2) is 9.18 Å². The summed E-state index contributed by atoms with van der Waals surface area (Å²) in [6, 6.07) is 5.86. The number of carboxylic acid groups (broad SMARTS) is 1. The van der Waals surface area contributed by atoms with Crippen molar-refractivity contribution in [2.45, 2.75) is 66.3 Å². The molecule has 3 nitrogen and oxygen atoms in total. The van der Waals surface area contributed by atoms with Crippen molar-refractivity contribution >= 4 is 17.7 Å². The molecule has 0 spiro atoms. The molecule has 0 heterocycles. The quantitative estimate of drug-likeness (QED) is 0.563. The molecule has 1 fully saturated rings. The van der Waals surface area contributed by atoms with Crippen LogP contribution in [0.4, 0.5) is 10.1 Å². The summed E-state index contributed by atoms with van der Waals surface area (Å²) >= 11 is 0. The van der Waals surface area contributed by atoms with Gasteiger partial charge < -0.3 is 10.4 Å². The SMILES string of the molecule is C/C(=C\c1c(C)c(C)c(-c2ccc(NC3CCCC3)cc2F)c(C)c1C)C(=O)O. The number of halogens is 1. The fraction of sp³-hybridized carbons (Fsp3) is 0.400. The van der Waals surface area contributed by atoms with Crippen molar-refractivity contribution in [3.8, 4) is 11.1 Å². The highest BCUT2D eigenvalue weighted by atomic mass is 19.1. The average Bonchev–Trinajstić information content (AvgIpc) is 3.18. The molecule has 1 aliphatic rings. The minimum absolute atomic E-state index is 0.233. The number of aliphatic carboxylic acids is 1. The molecule has 0 radical (unpaired) electrons. The van der Waals surface area contributed by atoms with Gasteiger partial charge in [0.1, 0.15) is 5.82 Å². The number of nitrogens with one attached hydrogen (secondary N) is 1. The normalized spacial score (nSPS) is 15.0. The van der Waals surface area contributed by atoms with Crippen LogP contribution in [0, 0.1) is 33.5 Å². The lowest BCUT2D eigenvalue weighted by Gasteiger charge is -2.21. The Balaban J connectivity index is 2.05. The average molecular weight is 396 g/mol. The van der Waals surface area contributed by atoms with Crippen molar-refractivity contribution in [1.82, 2.24) is 0 Å². The molecule has 0 aliphatic heterocycles. The number of carboxylic acids is 1. The van der Waals surface area contributed by atoms with Gasteiger partial charge >= 0.3 is 5.97 Å². The molecule has 0 atom stereocenters. The Morgan fingerprint density at radius 3 is 2.17 bits per heavy atom. The molecule has 2 N–H and O–H groups in total. The fourth-order valence-corrected chi connectivity index (χ4v) is 4.35. The minimum Gasteiger partial charge on any atom is -0.478 e. The van der Waals surface area contributed by atoms with E-state index in [-0.39, 0.29) is 11.4 Å². The lowest BCUT2D eigenvalue weighted by molar-refractivity contribution is -0.132. The van der Waals surface area contributed by atoms with Crippen LogP contribution in [0.2, 0.25) is 0 Å².